The fraction of sp³-hybridized carbons (Fsp3) is 0.375. The maximum absolute atomic E-state index is 5.82. The molecule has 20 heavy (non-hydrogen) atoms. The van der Waals surface area contributed by atoms with Crippen LogP contribution in [0.25, 0.3) is 0 Å². The van der Waals surface area contributed by atoms with Crippen LogP contribution in [0.15, 0.2) is 42.9 Å². The molecule has 106 valence electrons. The van der Waals surface area contributed by atoms with E-state index < -0.39 is 0 Å². The molecular weight excluding hydrogens is 250 g/mol. The minimum absolute atomic E-state index is 0.0996. The average Bonchev–Trinajstić information content (AvgIpc) is 2.48. The Morgan fingerprint density at radius 2 is 2.10 bits per heavy atom. The largest absolute Gasteiger partial charge is 0.491 e. The molecule has 0 amide bonds. The van der Waals surface area contributed by atoms with Gasteiger partial charge >= 0.3 is 0 Å². The van der Waals surface area contributed by atoms with Crippen LogP contribution in [0.5, 0.6) is 5.75 Å². The molecule has 1 aromatic carbocycles. The summed E-state index contributed by atoms with van der Waals surface area (Å²) < 4.78 is 5.82. The highest BCUT2D eigenvalue weighted by Gasteiger charge is 2.07. The van der Waals surface area contributed by atoms with Crippen molar-refractivity contribution in [3.05, 3.63) is 48.5 Å². The minimum atomic E-state index is 0.0996. The smallest absolute Gasteiger partial charge is 0.121 e. The highest BCUT2D eigenvalue weighted by molar-refractivity contribution is 5.49. The van der Waals surface area contributed by atoms with Crippen molar-refractivity contribution >= 4 is 5.69 Å². The van der Waals surface area contributed by atoms with Crippen molar-refractivity contribution in [1.82, 2.24) is 9.97 Å². The molecule has 0 aliphatic carbocycles. The molecule has 0 bridgehead atoms. The van der Waals surface area contributed by atoms with Crippen molar-refractivity contribution in [2.24, 2.45) is 0 Å². The summed E-state index contributed by atoms with van der Waals surface area (Å²) in [7, 11) is 0. The van der Waals surface area contributed by atoms with Gasteiger partial charge in [-0.2, -0.15) is 0 Å². The number of benzene rings is 1. The first-order valence-corrected chi connectivity index (χ1v) is 6.98. The van der Waals surface area contributed by atoms with Crippen LogP contribution in [0.3, 0.4) is 0 Å². The molecule has 0 aliphatic rings. The first-order valence-electron chi connectivity index (χ1n) is 6.98. The second kappa shape index (κ2) is 6.89. The van der Waals surface area contributed by atoms with E-state index in [1.807, 2.05) is 24.3 Å². The number of nitrogens with zero attached hydrogens (tertiary/aromatic N) is 2. The van der Waals surface area contributed by atoms with E-state index in [2.05, 4.69) is 36.1 Å². The van der Waals surface area contributed by atoms with E-state index in [-0.39, 0.29) is 12.1 Å². The zero-order valence-electron chi connectivity index (χ0n) is 12.2. The Labute approximate surface area is 120 Å². The van der Waals surface area contributed by atoms with Crippen LogP contribution in [0, 0.1) is 0 Å². The van der Waals surface area contributed by atoms with E-state index >= 15 is 0 Å². The van der Waals surface area contributed by atoms with Gasteiger partial charge in [0, 0.05) is 24.1 Å². The molecule has 0 aliphatic heterocycles. The average molecular weight is 271 g/mol. The number of anilines is 1. The van der Waals surface area contributed by atoms with Gasteiger partial charge in [0.15, 0.2) is 0 Å². The van der Waals surface area contributed by atoms with Crippen molar-refractivity contribution in [3.8, 4) is 5.75 Å². The molecule has 0 saturated carbocycles. The molecule has 2 atom stereocenters. The van der Waals surface area contributed by atoms with E-state index in [1.165, 1.54) is 0 Å². The highest BCUT2D eigenvalue weighted by Crippen LogP contribution is 2.22. The zero-order chi connectivity index (χ0) is 14.4. The summed E-state index contributed by atoms with van der Waals surface area (Å²) in [5.74, 6) is 0.885. The van der Waals surface area contributed by atoms with Crippen LogP contribution in [0.4, 0.5) is 5.69 Å². The van der Waals surface area contributed by atoms with Gasteiger partial charge in [-0.05, 0) is 32.4 Å². The second-order valence-electron chi connectivity index (χ2n) is 4.86. The van der Waals surface area contributed by atoms with Crippen molar-refractivity contribution in [3.63, 3.8) is 0 Å². The summed E-state index contributed by atoms with van der Waals surface area (Å²) in [6, 6.07) is 8.10. The van der Waals surface area contributed by atoms with Gasteiger partial charge in [0.2, 0.25) is 0 Å². The molecule has 2 unspecified atom stereocenters. The van der Waals surface area contributed by atoms with Gasteiger partial charge in [0.05, 0.1) is 24.0 Å². The number of hydrogen-bond acceptors (Lipinski definition) is 4. The number of aromatic nitrogens is 2. The molecule has 4 heteroatoms. The molecular formula is C16H21N3O. The summed E-state index contributed by atoms with van der Waals surface area (Å²) in [6.07, 6.45) is 6.38. The number of ether oxygens (including phenoxy) is 1. The summed E-state index contributed by atoms with van der Waals surface area (Å²) in [4.78, 5) is 8.39. The fourth-order valence-corrected chi connectivity index (χ4v) is 1.83. The summed E-state index contributed by atoms with van der Waals surface area (Å²) in [5, 5.41) is 3.41. The lowest BCUT2D eigenvalue weighted by atomic mass is 10.2. The lowest BCUT2D eigenvalue weighted by Crippen LogP contribution is -2.11. The summed E-state index contributed by atoms with van der Waals surface area (Å²) in [6.45, 7) is 6.25. The molecule has 1 heterocycles. The van der Waals surface area contributed by atoms with Crippen LogP contribution in [-0.2, 0) is 0 Å². The lowest BCUT2D eigenvalue weighted by Gasteiger charge is -2.17. The van der Waals surface area contributed by atoms with E-state index in [4.69, 9.17) is 4.74 Å². The topological polar surface area (TPSA) is 47.0 Å². The molecule has 1 aromatic heterocycles. The van der Waals surface area contributed by atoms with Crippen LogP contribution < -0.4 is 10.1 Å². The Balaban J connectivity index is 2.04. The third-order valence-corrected chi connectivity index (χ3v) is 3.16. The van der Waals surface area contributed by atoms with Crippen molar-refractivity contribution in [2.75, 3.05) is 5.32 Å². The third-order valence-electron chi connectivity index (χ3n) is 3.16. The summed E-state index contributed by atoms with van der Waals surface area (Å²) in [5.41, 5.74) is 1.93. The fourth-order valence-electron chi connectivity index (χ4n) is 1.83. The van der Waals surface area contributed by atoms with Crippen LogP contribution in [-0.4, -0.2) is 16.1 Å². The molecule has 0 spiro atoms. The minimum Gasteiger partial charge on any atom is -0.491 e. The van der Waals surface area contributed by atoms with Gasteiger partial charge in [0.25, 0.3) is 0 Å². The van der Waals surface area contributed by atoms with Gasteiger partial charge in [-0.1, -0.05) is 13.0 Å². The molecule has 4 nitrogen and oxygen atoms in total. The number of nitrogens with one attached hydrogen (secondary N) is 1. The monoisotopic (exact) mass is 271 g/mol. The Morgan fingerprint density at radius 3 is 2.80 bits per heavy atom. The SMILES string of the molecule is CCC(C)Oc1cccc(NC(C)c2cnccn2)c1. The third kappa shape index (κ3) is 3.95. The van der Waals surface area contributed by atoms with Crippen molar-refractivity contribution in [2.45, 2.75) is 39.3 Å². The highest BCUT2D eigenvalue weighted by atomic mass is 16.5. The normalized spacial score (nSPS) is 13.6. The Hall–Kier alpha value is -2.10. The van der Waals surface area contributed by atoms with Crippen LogP contribution in [0.2, 0.25) is 0 Å². The standard InChI is InChI=1S/C16H21N3O/c1-4-12(2)20-15-7-5-6-14(10-15)19-13(3)16-11-17-8-9-18-16/h5-13,19H,4H2,1-3H3. The molecule has 0 fully saturated rings. The molecule has 1 N–H and O–H groups in total. The number of hydrogen-bond donors (Lipinski definition) is 1. The zero-order valence-corrected chi connectivity index (χ0v) is 12.2. The second-order valence-corrected chi connectivity index (χ2v) is 4.86. The van der Waals surface area contributed by atoms with E-state index in [0.29, 0.717) is 0 Å². The molecule has 0 saturated heterocycles. The predicted molar refractivity (Wildman–Crippen MR) is 80.9 cm³/mol. The van der Waals surface area contributed by atoms with Gasteiger partial charge in [0.1, 0.15) is 5.75 Å². The van der Waals surface area contributed by atoms with Gasteiger partial charge in [-0.3, -0.25) is 9.97 Å². The van der Waals surface area contributed by atoms with E-state index in [9.17, 15) is 0 Å². The maximum Gasteiger partial charge on any atom is 0.121 e. The van der Waals surface area contributed by atoms with Crippen molar-refractivity contribution < 1.29 is 4.74 Å². The van der Waals surface area contributed by atoms with Crippen LogP contribution >= 0.6 is 0 Å². The first-order chi connectivity index (χ1) is 9.69. The van der Waals surface area contributed by atoms with Gasteiger partial charge < -0.3 is 10.1 Å². The molecule has 0 radical (unpaired) electrons. The van der Waals surface area contributed by atoms with Crippen LogP contribution in [0.1, 0.15) is 38.9 Å². The molecule has 2 rings (SSSR count). The quantitative estimate of drug-likeness (QED) is 0.867. The summed E-state index contributed by atoms with van der Waals surface area (Å²) >= 11 is 0. The van der Waals surface area contributed by atoms with Crippen molar-refractivity contribution in [1.29, 1.82) is 0 Å². The lowest BCUT2D eigenvalue weighted by molar-refractivity contribution is 0.217. The maximum atomic E-state index is 5.82. The Bertz CT molecular complexity index is 530. The number of rotatable bonds is 6. The Morgan fingerprint density at radius 1 is 1.25 bits per heavy atom. The van der Waals surface area contributed by atoms with E-state index in [1.54, 1.807) is 18.6 Å². The molecule has 2 aromatic rings. The van der Waals surface area contributed by atoms with E-state index in [0.717, 1.165) is 23.6 Å². The Kier molecular flexibility index (Phi) is 4.93. The first kappa shape index (κ1) is 14.3. The van der Waals surface area contributed by atoms with Gasteiger partial charge in [-0.15, -0.1) is 0 Å². The van der Waals surface area contributed by atoms with Gasteiger partial charge in [-0.25, -0.2) is 0 Å². The predicted octanol–water partition coefficient (Wildman–Crippen LogP) is 3.83.